The van der Waals surface area contributed by atoms with Gasteiger partial charge in [0.2, 0.25) is 0 Å². The van der Waals surface area contributed by atoms with E-state index in [4.69, 9.17) is 10.2 Å². The van der Waals surface area contributed by atoms with Crippen LogP contribution in [-0.2, 0) is 4.43 Å². The van der Waals surface area contributed by atoms with E-state index in [-0.39, 0.29) is 11.5 Å². The standard InChI is InChI=1S/C11H24BrNOSi/c1-8(9(12)7-13)10(11(2,3)4)14-15(5)6/h10,15H,7,13H2,1-6H3. The summed E-state index contributed by atoms with van der Waals surface area (Å²) in [5.41, 5.74) is 6.98. The second-order valence-corrected chi connectivity index (χ2v) is 8.55. The van der Waals surface area contributed by atoms with Crippen molar-refractivity contribution in [3.63, 3.8) is 0 Å². The topological polar surface area (TPSA) is 35.2 Å². The van der Waals surface area contributed by atoms with E-state index in [0.29, 0.717) is 6.54 Å². The van der Waals surface area contributed by atoms with Crippen LogP contribution in [0, 0.1) is 5.41 Å². The maximum absolute atomic E-state index is 6.09. The van der Waals surface area contributed by atoms with E-state index >= 15 is 0 Å². The normalized spacial score (nSPS) is 16.6. The molecule has 0 aliphatic carbocycles. The van der Waals surface area contributed by atoms with Gasteiger partial charge in [-0.05, 0) is 31.0 Å². The Morgan fingerprint density at radius 2 is 1.87 bits per heavy atom. The highest BCUT2D eigenvalue weighted by Crippen LogP contribution is 2.31. The van der Waals surface area contributed by atoms with Crippen LogP contribution in [0.1, 0.15) is 27.7 Å². The predicted molar refractivity (Wildman–Crippen MR) is 73.9 cm³/mol. The van der Waals surface area contributed by atoms with Crippen LogP contribution in [0.15, 0.2) is 10.1 Å². The van der Waals surface area contributed by atoms with Gasteiger partial charge in [0.15, 0.2) is 9.04 Å². The minimum atomic E-state index is -1.03. The van der Waals surface area contributed by atoms with Gasteiger partial charge in [0.25, 0.3) is 0 Å². The van der Waals surface area contributed by atoms with Gasteiger partial charge in [-0.3, -0.25) is 0 Å². The zero-order chi connectivity index (χ0) is 12.2. The molecular formula is C11H24BrNOSi. The zero-order valence-corrected chi connectivity index (χ0v) is 13.5. The lowest BCUT2D eigenvalue weighted by atomic mass is 9.85. The number of halogens is 1. The van der Waals surface area contributed by atoms with Crippen LogP contribution in [0.2, 0.25) is 13.1 Å². The molecule has 4 heteroatoms. The summed E-state index contributed by atoms with van der Waals surface area (Å²) in [5, 5.41) is 0. The van der Waals surface area contributed by atoms with Crippen molar-refractivity contribution >= 4 is 25.0 Å². The molecule has 0 heterocycles. The molecular weight excluding hydrogens is 270 g/mol. The van der Waals surface area contributed by atoms with Gasteiger partial charge in [-0.1, -0.05) is 36.7 Å². The molecule has 2 N–H and O–H groups in total. The first-order valence-electron chi connectivity index (χ1n) is 5.40. The average molecular weight is 294 g/mol. The Balaban J connectivity index is 4.95. The van der Waals surface area contributed by atoms with Crippen molar-refractivity contribution in [1.82, 2.24) is 0 Å². The lowest BCUT2D eigenvalue weighted by Gasteiger charge is -2.34. The monoisotopic (exact) mass is 293 g/mol. The molecule has 0 fully saturated rings. The van der Waals surface area contributed by atoms with Crippen LogP contribution in [-0.4, -0.2) is 21.7 Å². The number of rotatable bonds is 4. The Kier molecular flexibility index (Phi) is 6.33. The number of hydrogen-bond donors (Lipinski definition) is 1. The summed E-state index contributed by atoms with van der Waals surface area (Å²) in [6, 6.07) is 0. The maximum Gasteiger partial charge on any atom is 0.171 e. The Morgan fingerprint density at radius 3 is 2.13 bits per heavy atom. The van der Waals surface area contributed by atoms with E-state index in [1.165, 1.54) is 5.57 Å². The molecule has 0 aromatic rings. The van der Waals surface area contributed by atoms with Crippen LogP contribution in [0.25, 0.3) is 0 Å². The van der Waals surface area contributed by atoms with E-state index in [0.717, 1.165) is 4.48 Å². The molecule has 1 atom stereocenters. The summed E-state index contributed by atoms with van der Waals surface area (Å²) < 4.78 is 7.16. The van der Waals surface area contributed by atoms with Gasteiger partial charge in [-0.25, -0.2) is 0 Å². The van der Waals surface area contributed by atoms with E-state index < -0.39 is 9.04 Å². The van der Waals surface area contributed by atoms with Gasteiger partial charge >= 0.3 is 0 Å². The van der Waals surface area contributed by atoms with Gasteiger partial charge in [0.1, 0.15) is 0 Å². The summed E-state index contributed by atoms with van der Waals surface area (Å²) in [4.78, 5) is 0. The maximum atomic E-state index is 6.09. The summed E-state index contributed by atoms with van der Waals surface area (Å²) in [7, 11) is -1.03. The van der Waals surface area contributed by atoms with Crippen molar-refractivity contribution in [3.8, 4) is 0 Å². The van der Waals surface area contributed by atoms with Crippen molar-refractivity contribution in [2.75, 3.05) is 6.54 Å². The van der Waals surface area contributed by atoms with Gasteiger partial charge in [-0.15, -0.1) is 0 Å². The van der Waals surface area contributed by atoms with Crippen molar-refractivity contribution in [2.45, 2.75) is 46.9 Å². The summed E-state index contributed by atoms with van der Waals surface area (Å²) in [5.74, 6) is 0. The Hall–Kier alpha value is 0.357. The molecule has 0 saturated carbocycles. The fourth-order valence-corrected chi connectivity index (χ4v) is 2.90. The predicted octanol–water partition coefficient (Wildman–Crippen LogP) is 3.03. The molecule has 15 heavy (non-hydrogen) atoms. The molecule has 0 bridgehead atoms. The highest BCUT2D eigenvalue weighted by molar-refractivity contribution is 9.11. The molecule has 1 unspecified atom stereocenters. The third-order valence-corrected chi connectivity index (χ3v) is 3.96. The third-order valence-electron chi connectivity index (χ3n) is 2.20. The SMILES string of the molecule is CC(=C(Br)CN)C(O[SiH](C)C)C(C)(C)C. The van der Waals surface area contributed by atoms with E-state index in [1.807, 2.05) is 0 Å². The highest BCUT2D eigenvalue weighted by Gasteiger charge is 2.28. The summed E-state index contributed by atoms with van der Waals surface area (Å²) in [6.07, 6.45) is 0.169. The van der Waals surface area contributed by atoms with Gasteiger partial charge < -0.3 is 10.2 Å². The molecule has 0 spiro atoms. The molecule has 0 saturated heterocycles. The Bertz CT molecular complexity index is 233. The number of nitrogens with two attached hydrogens (primary N) is 1. The second kappa shape index (κ2) is 6.18. The van der Waals surface area contributed by atoms with E-state index in [9.17, 15) is 0 Å². The van der Waals surface area contributed by atoms with Crippen LogP contribution in [0.3, 0.4) is 0 Å². The minimum absolute atomic E-state index is 0.121. The summed E-state index contributed by atoms with van der Waals surface area (Å²) >= 11 is 3.52. The first-order chi connectivity index (χ1) is 6.70. The van der Waals surface area contributed by atoms with Crippen molar-refractivity contribution in [2.24, 2.45) is 11.1 Å². The first kappa shape index (κ1) is 15.4. The Labute approximate surface area is 104 Å². The van der Waals surface area contributed by atoms with E-state index in [1.54, 1.807) is 0 Å². The molecule has 0 aromatic heterocycles. The van der Waals surface area contributed by atoms with Gasteiger partial charge in [0.05, 0.1) is 6.10 Å². The van der Waals surface area contributed by atoms with Gasteiger partial charge in [-0.2, -0.15) is 0 Å². The second-order valence-electron chi connectivity index (χ2n) is 5.22. The molecule has 0 radical (unpaired) electrons. The highest BCUT2D eigenvalue weighted by atomic mass is 79.9. The largest absolute Gasteiger partial charge is 0.413 e. The fraction of sp³-hybridized carbons (Fsp3) is 0.818. The molecule has 0 amide bonds. The average Bonchev–Trinajstić information content (AvgIpc) is 2.09. The molecule has 2 nitrogen and oxygen atoms in total. The quantitative estimate of drug-likeness (QED) is 0.809. The smallest absolute Gasteiger partial charge is 0.171 e. The Morgan fingerprint density at radius 1 is 1.40 bits per heavy atom. The third kappa shape index (κ3) is 5.29. The van der Waals surface area contributed by atoms with Crippen LogP contribution < -0.4 is 5.73 Å². The molecule has 90 valence electrons. The van der Waals surface area contributed by atoms with Crippen molar-refractivity contribution in [1.29, 1.82) is 0 Å². The molecule has 0 aliphatic heterocycles. The van der Waals surface area contributed by atoms with Gasteiger partial charge in [0, 0.05) is 11.0 Å². The molecule has 0 aliphatic rings. The van der Waals surface area contributed by atoms with Crippen molar-refractivity contribution in [3.05, 3.63) is 10.1 Å². The van der Waals surface area contributed by atoms with Crippen LogP contribution in [0.5, 0.6) is 0 Å². The molecule has 0 rings (SSSR count). The van der Waals surface area contributed by atoms with Crippen LogP contribution >= 0.6 is 15.9 Å². The summed E-state index contributed by atoms with van der Waals surface area (Å²) in [6.45, 7) is 13.6. The fourth-order valence-electron chi connectivity index (χ4n) is 1.53. The van der Waals surface area contributed by atoms with Crippen LogP contribution in [0.4, 0.5) is 0 Å². The van der Waals surface area contributed by atoms with Crippen molar-refractivity contribution < 1.29 is 4.43 Å². The molecule has 0 aromatic carbocycles. The lowest BCUT2D eigenvalue weighted by Crippen LogP contribution is -2.35. The number of hydrogen-bond acceptors (Lipinski definition) is 2. The first-order valence-corrected chi connectivity index (χ1v) is 8.98. The zero-order valence-electron chi connectivity index (χ0n) is 10.7. The van der Waals surface area contributed by atoms with E-state index in [2.05, 4.69) is 56.7 Å². The lowest BCUT2D eigenvalue weighted by molar-refractivity contribution is 0.118. The minimum Gasteiger partial charge on any atom is -0.413 e.